The normalized spacial score (nSPS) is 16.1. The standard InChI is InChI=1S/C10H18N2O2/c1-8(2)11-9(13)7-10(14)12-5-3-4-6-12/h8H,3-7H2,1-2H3,(H,11,13). The Hall–Kier alpha value is -1.06. The Balaban J connectivity index is 2.28. The van der Waals surface area contributed by atoms with Crippen LogP contribution in [0.25, 0.3) is 0 Å². The van der Waals surface area contributed by atoms with Gasteiger partial charge < -0.3 is 10.2 Å². The molecule has 0 unspecified atom stereocenters. The van der Waals surface area contributed by atoms with Crippen LogP contribution in [0.2, 0.25) is 0 Å². The number of hydrogen-bond donors (Lipinski definition) is 1. The van der Waals surface area contributed by atoms with Crippen LogP contribution in [0.5, 0.6) is 0 Å². The number of amides is 2. The van der Waals surface area contributed by atoms with Crippen molar-refractivity contribution in [2.24, 2.45) is 0 Å². The van der Waals surface area contributed by atoms with Gasteiger partial charge in [0, 0.05) is 19.1 Å². The minimum absolute atomic E-state index is 0.00181. The molecule has 1 rings (SSSR count). The van der Waals surface area contributed by atoms with E-state index in [4.69, 9.17) is 0 Å². The number of carbonyl (C=O) groups excluding carboxylic acids is 2. The maximum atomic E-state index is 11.5. The molecule has 0 aromatic rings. The third-order valence-corrected chi connectivity index (χ3v) is 2.22. The van der Waals surface area contributed by atoms with Crippen molar-refractivity contribution in [1.29, 1.82) is 0 Å². The predicted molar refractivity (Wildman–Crippen MR) is 53.7 cm³/mol. The Morgan fingerprint density at radius 3 is 2.36 bits per heavy atom. The molecular formula is C10H18N2O2. The third-order valence-electron chi connectivity index (χ3n) is 2.22. The maximum Gasteiger partial charge on any atom is 0.232 e. The molecule has 0 aromatic heterocycles. The van der Waals surface area contributed by atoms with Crippen molar-refractivity contribution in [1.82, 2.24) is 10.2 Å². The summed E-state index contributed by atoms with van der Waals surface area (Å²) in [5, 5.41) is 2.71. The van der Waals surface area contributed by atoms with E-state index >= 15 is 0 Å². The van der Waals surface area contributed by atoms with E-state index in [0.717, 1.165) is 25.9 Å². The number of carbonyl (C=O) groups is 2. The van der Waals surface area contributed by atoms with E-state index in [1.807, 2.05) is 13.8 Å². The van der Waals surface area contributed by atoms with Crippen LogP contribution >= 0.6 is 0 Å². The molecule has 0 aliphatic carbocycles. The lowest BCUT2D eigenvalue weighted by Crippen LogP contribution is -2.36. The van der Waals surface area contributed by atoms with E-state index in [0.29, 0.717) is 0 Å². The molecule has 0 spiro atoms. The zero-order valence-corrected chi connectivity index (χ0v) is 8.88. The van der Waals surface area contributed by atoms with Crippen molar-refractivity contribution in [2.75, 3.05) is 13.1 Å². The van der Waals surface area contributed by atoms with Crippen LogP contribution in [0.3, 0.4) is 0 Å². The Labute approximate surface area is 84.7 Å². The summed E-state index contributed by atoms with van der Waals surface area (Å²) in [6.45, 7) is 5.40. The van der Waals surface area contributed by atoms with Gasteiger partial charge in [-0.1, -0.05) is 0 Å². The van der Waals surface area contributed by atoms with Gasteiger partial charge in [0.1, 0.15) is 6.42 Å². The van der Waals surface area contributed by atoms with Crippen molar-refractivity contribution < 1.29 is 9.59 Å². The van der Waals surface area contributed by atoms with Crippen molar-refractivity contribution in [3.63, 3.8) is 0 Å². The molecule has 0 radical (unpaired) electrons. The number of nitrogens with one attached hydrogen (secondary N) is 1. The van der Waals surface area contributed by atoms with Gasteiger partial charge in [-0.2, -0.15) is 0 Å². The summed E-state index contributed by atoms with van der Waals surface area (Å²) in [5.41, 5.74) is 0. The average molecular weight is 198 g/mol. The molecule has 1 N–H and O–H groups in total. The van der Waals surface area contributed by atoms with E-state index in [-0.39, 0.29) is 24.3 Å². The molecule has 0 saturated carbocycles. The summed E-state index contributed by atoms with van der Waals surface area (Å²) in [6, 6.07) is 0.105. The summed E-state index contributed by atoms with van der Waals surface area (Å²) in [4.78, 5) is 24.5. The molecule has 0 bridgehead atoms. The molecule has 2 amide bonds. The fourth-order valence-electron chi connectivity index (χ4n) is 1.59. The summed E-state index contributed by atoms with van der Waals surface area (Å²) in [7, 11) is 0. The summed E-state index contributed by atoms with van der Waals surface area (Å²) in [6.07, 6.45) is 2.13. The molecule has 1 aliphatic heterocycles. The van der Waals surface area contributed by atoms with E-state index in [1.165, 1.54) is 0 Å². The minimum Gasteiger partial charge on any atom is -0.353 e. The Bertz CT molecular complexity index is 220. The number of nitrogens with zero attached hydrogens (tertiary/aromatic N) is 1. The first-order valence-electron chi connectivity index (χ1n) is 5.16. The van der Waals surface area contributed by atoms with Crippen LogP contribution < -0.4 is 5.32 Å². The molecule has 80 valence electrons. The smallest absolute Gasteiger partial charge is 0.232 e. The second-order valence-corrected chi connectivity index (χ2v) is 3.99. The minimum atomic E-state index is -0.170. The van der Waals surface area contributed by atoms with Gasteiger partial charge in [-0.15, -0.1) is 0 Å². The summed E-state index contributed by atoms with van der Waals surface area (Å²) in [5.74, 6) is -0.211. The fourth-order valence-corrected chi connectivity index (χ4v) is 1.59. The first-order chi connectivity index (χ1) is 6.59. The molecule has 1 heterocycles. The summed E-state index contributed by atoms with van der Waals surface area (Å²) < 4.78 is 0. The second kappa shape index (κ2) is 4.98. The van der Waals surface area contributed by atoms with E-state index in [9.17, 15) is 9.59 Å². The molecule has 4 nitrogen and oxygen atoms in total. The molecule has 14 heavy (non-hydrogen) atoms. The molecule has 0 atom stereocenters. The van der Waals surface area contributed by atoms with Crippen molar-refractivity contribution in [2.45, 2.75) is 39.2 Å². The molecule has 4 heteroatoms. The first kappa shape index (κ1) is 11.0. The topological polar surface area (TPSA) is 49.4 Å². The molecule has 0 aromatic carbocycles. The summed E-state index contributed by atoms with van der Waals surface area (Å²) >= 11 is 0. The van der Waals surface area contributed by atoms with E-state index < -0.39 is 0 Å². The zero-order chi connectivity index (χ0) is 10.6. The Kier molecular flexibility index (Phi) is 3.92. The van der Waals surface area contributed by atoms with Crippen LogP contribution in [0.4, 0.5) is 0 Å². The van der Waals surface area contributed by atoms with Gasteiger partial charge >= 0.3 is 0 Å². The Morgan fingerprint density at radius 1 is 1.29 bits per heavy atom. The van der Waals surface area contributed by atoms with E-state index in [1.54, 1.807) is 4.90 Å². The molecule has 1 aliphatic rings. The van der Waals surface area contributed by atoms with Crippen LogP contribution in [0, 0.1) is 0 Å². The number of rotatable bonds is 3. The van der Waals surface area contributed by atoms with Gasteiger partial charge in [0.15, 0.2) is 0 Å². The lowest BCUT2D eigenvalue weighted by molar-refractivity contribution is -0.135. The highest BCUT2D eigenvalue weighted by Gasteiger charge is 2.20. The van der Waals surface area contributed by atoms with Gasteiger partial charge in [0.25, 0.3) is 0 Å². The van der Waals surface area contributed by atoms with Crippen LogP contribution in [0.1, 0.15) is 33.1 Å². The van der Waals surface area contributed by atoms with Crippen LogP contribution in [-0.2, 0) is 9.59 Å². The third kappa shape index (κ3) is 3.36. The van der Waals surface area contributed by atoms with Gasteiger partial charge in [0.2, 0.25) is 11.8 Å². The largest absolute Gasteiger partial charge is 0.353 e. The van der Waals surface area contributed by atoms with Crippen molar-refractivity contribution in [3.8, 4) is 0 Å². The SMILES string of the molecule is CC(C)NC(=O)CC(=O)N1CCCC1. The number of hydrogen-bond acceptors (Lipinski definition) is 2. The fraction of sp³-hybridized carbons (Fsp3) is 0.800. The monoisotopic (exact) mass is 198 g/mol. The number of likely N-dealkylation sites (tertiary alicyclic amines) is 1. The van der Waals surface area contributed by atoms with E-state index in [2.05, 4.69) is 5.32 Å². The zero-order valence-electron chi connectivity index (χ0n) is 8.88. The second-order valence-electron chi connectivity index (χ2n) is 3.99. The first-order valence-corrected chi connectivity index (χ1v) is 5.16. The Morgan fingerprint density at radius 2 is 1.86 bits per heavy atom. The lowest BCUT2D eigenvalue weighted by atomic mass is 10.3. The highest BCUT2D eigenvalue weighted by molar-refractivity contribution is 5.97. The predicted octanol–water partition coefficient (Wildman–Crippen LogP) is 0.523. The molecule has 1 fully saturated rings. The van der Waals surface area contributed by atoms with Gasteiger partial charge in [0.05, 0.1) is 0 Å². The quantitative estimate of drug-likeness (QED) is 0.672. The highest BCUT2D eigenvalue weighted by Crippen LogP contribution is 2.08. The lowest BCUT2D eigenvalue weighted by Gasteiger charge is -2.15. The van der Waals surface area contributed by atoms with Gasteiger partial charge in [-0.25, -0.2) is 0 Å². The van der Waals surface area contributed by atoms with Crippen molar-refractivity contribution >= 4 is 11.8 Å². The molecular weight excluding hydrogens is 180 g/mol. The average Bonchev–Trinajstić information content (AvgIpc) is 2.53. The van der Waals surface area contributed by atoms with Gasteiger partial charge in [-0.05, 0) is 26.7 Å². The van der Waals surface area contributed by atoms with Crippen LogP contribution in [-0.4, -0.2) is 35.8 Å². The highest BCUT2D eigenvalue weighted by atomic mass is 16.2. The van der Waals surface area contributed by atoms with Gasteiger partial charge in [-0.3, -0.25) is 9.59 Å². The molecule has 1 saturated heterocycles. The maximum absolute atomic E-state index is 11.5. The van der Waals surface area contributed by atoms with Crippen molar-refractivity contribution in [3.05, 3.63) is 0 Å². The van der Waals surface area contributed by atoms with Crippen LogP contribution in [0.15, 0.2) is 0 Å².